The number of hydrogen-bond acceptors (Lipinski definition) is 5. The number of aromatic nitrogens is 2. The summed E-state index contributed by atoms with van der Waals surface area (Å²) in [7, 11) is 0. The van der Waals surface area contributed by atoms with Crippen LogP contribution < -0.4 is 11.1 Å². The monoisotopic (exact) mass is 234 g/mol. The molecule has 0 fully saturated rings. The molecule has 4 nitrogen and oxygen atoms in total. The zero-order valence-electron chi connectivity index (χ0n) is 9.10. The molecule has 0 aliphatic carbocycles. The third kappa shape index (κ3) is 2.49. The quantitative estimate of drug-likeness (QED) is 0.798. The molecule has 16 heavy (non-hydrogen) atoms. The highest BCUT2D eigenvalue weighted by molar-refractivity contribution is 7.18. The van der Waals surface area contributed by atoms with E-state index in [1.54, 1.807) is 11.3 Å². The van der Waals surface area contributed by atoms with Crippen molar-refractivity contribution in [3.63, 3.8) is 0 Å². The molecular weight excluding hydrogens is 220 g/mol. The molecule has 1 aromatic heterocycles. The second-order valence-corrected chi connectivity index (χ2v) is 4.44. The van der Waals surface area contributed by atoms with E-state index in [1.165, 1.54) is 0 Å². The maximum atomic E-state index is 5.63. The summed E-state index contributed by atoms with van der Waals surface area (Å²) in [5.74, 6) is 0. The number of nitrogens with two attached hydrogens (primary N) is 1. The molecule has 0 bridgehead atoms. The molecule has 0 radical (unpaired) electrons. The summed E-state index contributed by atoms with van der Waals surface area (Å²) < 4.78 is 0. The lowest BCUT2D eigenvalue weighted by atomic mass is 10.2. The van der Waals surface area contributed by atoms with Crippen molar-refractivity contribution in [3.05, 3.63) is 24.3 Å². The van der Waals surface area contributed by atoms with Gasteiger partial charge in [0.05, 0.1) is 0 Å². The van der Waals surface area contributed by atoms with Crippen LogP contribution in [0.4, 0.5) is 10.8 Å². The smallest absolute Gasteiger partial charge is 0.206 e. The SMILES string of the molecule is CCCNc1nnc(-c2ccc(N)cc2)s1. The zero-order chi connectivity index (χ0) is 11.4. The Bertz CT molecular complexity index is 449. The summed E-state index contributed by atoms with van der Waals surface area (Å²) >= 11 is 1.56. The first-order chi connectivity index (χ1) is 7.79. The maximum absolute atomic E-state index is 5.63. The Kier molecular flexibility index (Phi) is 3.36. The molecule has 0 unspecified atom stereocenters. The Labute approximate surface area is 98.5 Å². The van der Waals surface area contributed by atoms with Gasteiger partial charge in [-0.3, -0.25) is 0 Å². The van der Waals surface area contributed by atoms with Crippen LogP contribution >= 0.6 is 11.3 Å². The van der Waals surface area contributed by atoms with Gasteiger partial charge < -0.3 is 11.1 Å². The average Bonchev–Trinajstić information content (AvgIpc) is 2.76. The van der Waals surface area contributed by atoms with Crippen LogP contribution in [-0.2, 0) is 0 Å². The fourth-order valence-electron chi connectivity index (χ4n) is 1.27. The topological polar surface area (TPSA) is 63.8 Å². The Hall–Kier alpha value is -1.62. The van der Waals surface area contributed by atoms with Gasteiger partial charge in [-0.05, 0) is 30.7 Å². The zero-order valence-corrected chi connectivity index (χ0v) is 9.92. The van der Waals surface area contributed by atoms with Crippen molar-refractivity contribution in [2.45, 2.75) is 13.3 Å². The molecule has 2 aromatic rings. The minimum Gasteiger partial charge on any atom is -0.399 e. The van der Waals surface area contributed by atoms with E-state index in [1.807, 2.05) is 24.3 Å². The molecule has 0 aliphatic heterocycles. The minimum atomic E-state index is 0.762. The first-order valence-corrected chi connectivity index (χ1v) is 6.04. The van der Waals surface area contributed by atoms with Gasteiger partial charge in [0.1, 0.15) is 5.01 Å². The van der Waals surface area contributed by atoms with E-state index in [0.29, 0.717) is 0 Å². The molecule has 0 amide bonds. The van der Waals surface area contributed by atoms with Gasteiger partial charge >= 0.3 is 0 Å². The Morgan fingerprint density at radius 1 is 1.25 bits per heavy atom. The summed E-state index contributed by atoms with van der Waals surface area (Å²) in [6.07, 6.45) is 1.08. The fraction of sp³-hybridized carbons (Fsp3) is 0.273. The van der Waals surface area contributed by atoms with E-state index in [4.69, 9.17) is 5.73 Å². The number of benzene rings is 1. The second-order valence-electron chi connectivity index (χ2n) is 3.46. The summed E-state index contributed by atoms with van der Waals surface area (Å²) in [4.78, 5) is 0. The molecule has 1 aromatic carbocycles. The normalized spacial score (nSPS) is 10.3. The number of nitrogen functional groups attached to an aromatic ring is 1. The molecule has 0 atom stereocenters. The van der Waals surface area contributed by atoms with E-state index in [9.17, 15) is 0 Å². The number of hydrogen-bond donors (Lipinski definition) is 2. The van der Waals surface area contributed by atoms with Gasteiger partial charge in [-0.1, -0.05) is 18.3 Å². The number of nitrogens with one attached hydrogen (secondary N) is 1. The lowest BCUT2D eigenvalue weighted by Crippen LogP contribution is -1.98. The predicted molar refractivity (Wildman–Crippen MR) is 68.5 cm³/mol. The molecule has 84 valence electrons. The van der Waals surface area contributed by atoms with Crippen LogP contribution in [0.15, 0.2) is 24.3 Å². The van der Waals surface area contributed by atoms with E-state index in [-0.39, 0.29) is 0 Å². The molecule has 2 rings (SSSR count). The summed E-state index contributed by atoms with van der Waals surface area (Å²) in [6.45, 7) is 3.05. The standard InChI is InChI=1S/C11H14N4S/c1-2-7-13-11-15-14-10(16-11)8-3-5-9(12)6-4-8/h3-6H,2,7,12H2,1H3,(H,13,15). The molecular formula is C11H14N4S. The van der Waals surface area contributed by atoms with Gasteiger partial charge in [-0.2, -0.15) is 0 Å². The van der Waals surface area contributed by atoms with Crippen molar-refractivity contribution in [2.75, 3.05) is 17.6 Å². The van der Waals surface area contributed by atoms with Gasteiger partial charge in [-0.25, -0.2) is 0 Å². The highest BCUT2D eigenvalue weighted by atomic mass is 32.1. The van der Waals surface area contributed by atoms with Gasteiger partial charge in [-0.15, -0.1) is 10.2 Å². The molecule has 0 saturated carbocycles. The first kappa shape index (κ1) is 10.9. The molecule has 5 heteroatoms. The van der Waals surface area contributed by atoms with Crippen LogP contribution in [0.3, 0.4) is 0 Å². The van der Waals surface area contributed by atoms with E-state index in [0.717, 1.165) is 34.4 Å². The van der Waals surface area contributed by atoms with Gasteiger partial charge in [0.25, 0.3) is 0 Å². The van der Waals surface area contributed by atoms with Gasteiger partial charge in [0, 0.05) is 17.8 Å². The van der Waals surface area contributed by atoms with Crippen LogP contribution in [0.1, 0.15) is 13.3 Å². The van der Waals surface area contributed by atoms with Crippen LogP contribution in [-0.4, -0.2) is 16.7 Å². The maximum Gasteiger partial charge on any atom is 0.206 e. The van der Waals surface area contributed by atoms with Crippen LogP contribution in [0.5, 0.6) is 0 Å². The first-order valence-electron chi connectivity index (χ1n) is 5.23. The summed E-state index contributed by atoms with van der Waals surface area (Å²) in [5, 5.41) is 13.2. The van der Waals surface area contributed by atoms with E-state index in [2.05, 4.69) is 22.4 Å². The highest BCUT2D eigenvalue weighted by Gasteiger charge is 2.05. The lowest BCUT2D eigenvalue weighted by Gasteiger charge is -1.96. The van der Waals surface area contributed by atoms with Gasteiger partial charge in [0.2, 0.25) is 5.13 Å². The molecule has 0 spiro atoms. The van der Waals surface area contributed by atoms with Crippen LogP contribution in [0.2, 0.25) is 0 Å². The van der Waals surface area contributed by atoms with Crippen molar-refractivity contribution in [3.8, 4) is 10.6 Å². The molecule has 3 N–H and O–H groups in total. The van der Waals surface area contributed by atoms with Crippen molar-refractivity contribution in [2.24, 2.45) is 0 Å². The largest absolute Gasteiger partial charge is 0.399 e. The van der Waals surface area contributed by atoms with E-state index < -0.39 is 0 Å². The number of anilines is 2. The van der Waals surface area contributed by atoms with E-state index >= 15 is 0 Å². The highest BCUT2D eigenvalue weighted by Crippen LogP contribution is 2.26. The van der Waals surface area contributed by atoms with Crippen molar-refractivity contribution in [1.29, 1.82) is 0 Å². The van der Waals surface area contributed by atoms with Crippen molar-refractivity contribution in [1.82, 2.24) is 10.2 Å². The number of rotatable bonds is 4. The van der Waals surface area contributed by atoms with Crippen LogP contribution in [0.25, 0.3) is 10.6 Å². The van der Waals surface area contributed by atoms with Crippen molar-refractivity contribution >= 4 is 22.2 Å². The predicted octanol–water partition coefficient (Wildman–Crippen LogP) is 2.61. The Morgan fingerprint density at radius 2 is 2.00 bits per heavy atom. The Morgan fingerprint density at radius 3 is 2.69 bits per heavy atom. The minimum absolute atomic E-state index is 0.762. The number of nitrogens with zero attached hydrogens (tertiary/aromatic N) is 2. The summed E-state index contributed by atoms with van der Waals surface area (Å²) in [5.41, 5.74) is 7.44. The Balaban J connectivity index is 2.15. The summed E-state index contributed by atoms with van der Waals surface area (Å²) in [6, 6.07) is 7.66. The molecule has 0 saturated heterocycles. The fourth-order valence-corrected chi connectivity index (χ4v) is 2.04. The second kappa shape index (κ2) is 4.94. The van der Waals surface area contributed by atoms with Gasteiger partial charge in [0.15, 0.2) is 0 Å². The third-order valence-corrected chi connectivity index (χ3v) is 3.04. The van der Waals surface area contributed by atoms with Crippen molar-refractivity contribution < 1.29 is 0 Å². The third-order valence-electron chi connectivity index (χ3n) is 2.11. The lowest BCUT2D eigenvalue weighted by molar-refractivity contribution is 0.964. The molecule has 0 aliphatic rings. The molecule has 1 heterocycles. The average molecular weight is 234 g/mol. The van der Waals surface area contributed by atoms with Crippen LogP contribution in [0, 0.1) is 0 Å².